The van der Waals surface area contributed by atoms with Crippen molar-refractivity contribution < 1.29 is 0 Å². The average Bonchev–Trinajstić information content (AvgIpc) is 3.33. The number of aromatic nitrogens is 3. The topological polar surface area (TPSA) is 59.8 Å². The van der Waals surface area contributed by atoms with Crippen molar-refractivity contribution in [2.45, 2.75) is 6.92 Å². The zero-order valence-corrected chi connectivity index (χ0v) is 20.4. The number of nitrogens with one attached hydrogen (secondary N) is 1. The molecule has 0 amide bonds. The highest BCUT2D eigenvalue weighted by molar-refractivity contribution is 7.19. The molecule has 174 valence electrons. The Bertz CT molecular complexity index is 1740. The molecule has 4 aromatic carbocycles. The van der Waals surface area contributed by atoms with E-state index in [1.165, 1.54) is 11.3 Å². The summed E-state index contributed by atoms with van der Waals surface area (Å²) in [5.41, 5.74) is 5.08. The van der Waals surface area contributed by atoms with Crippen LogP contribution in [0, 0.1) is 6.92 Å². The number of thiazole rings is 1. The maximum absolute atomic E-state index is 13.9. The number of benzene rings is 4. The lowest BCUT2D eigenvalue weighted by atomic mass is 10.1. The fourth-order valence-electron chi connectivity index (χ4n) is 4.25. The van der Waals surface area contributed by atoms with E-state index < -0.39 is 0 Å². The van der Waals surface area contributed by atoms with E-state index in [0.717, 1.165) is 38.2 Å². The molecular formula is C30H22N4OS. The van der Waals surface area contributed by atoms with Gasteiger partial charge < -0.3 is 5.32 Å². The largest absolute Gasteiger partial charge is 0.332 e. The lowest BCUT2D eigenvalue weighted by Gasteiger charge is -2.14. The highest BCUT2D eigenvalue weighted by atomic mass is 32.1. The van der Waals surface area contributed by atoms with Gasteiger partial charge in [0.05, 0.1) is 22.3 Å². The maximum Gasteiger partial charge on any atom is 0.266 e. The van der Waals surface area contributed by atoms with E-state index >= 15 is 0 Å². The summed E-state index contributed by atoms with van der Waals surface area (Å²) in [6, 6.07) is 35.4. The molecule has 0 fully saturated rings. The summed E-state index contributed by atoms with van der Waals surface area (Å²) in [4.78, 5) is 24.7. The van der Waals surface area contributed by atoms with Gasteiger partial charge in [0, 0.05) is 11.3 Å². The van der Waals surface area contributed by atoms with Crippen LogP contribution < -0.4 is 10.9 Å². The molecule has 0 saturated carbocycles. The molecule has 1 N–H and O–H groups in total. The first-order valence-corrected chi connectivity index (χ1v) is 12.5. The number of fused-ring (bicyclic) bond motifs is 1. The summed E-state index contributed by atoms with van der Waals surface area (Å²) >= 11 is 1.49. The smallest absolute Gasteiger partial charge is 0.266 e. The molecule has 0 saturated heterocycles. The third-order valence-electron chi connectivity index (χ3n) is 5.94. The van der Waals surface area contributed by atoms with Crippen LogP contribution in [0.4, 0.5) is 10.8 Å². The van der Waals surface area contributed by atoms with Crippen LogP contribution in [0.2, 0.25) is 0 Å². The predicted octanol–water partition coefficient (Wildman–Crippen LogP) is 7.23. The minimum atomic E-state index is -0.105. The van der Waals surface area contributed by atoms with E-state index in [1.807, 2.05) is 116 Å². The number of para-hydroxylation sites is 2. The second kappa shape index (κ2) is 9.24. The van der Waals surface area contributed by atoms with E-state index in [9.17, 15) is 4.79 Å². The standard InChI is InChI=1S/C30H22N4OS/c1-20-11-10-16-23(19-20)34-28(32-25-18-9-8-17-24(25)29(34)35)27-26(21-12-4-2-5-13-21)33-30(36-27)31-22-14-6-3-7-15-22/h2-19H,1H3,(H,31,33). The van der Waals surface area contributed by atoms with Crippen LogP contribution in [0.1, 0.15) is 5.56 Å². The van der Waals surface area contributed by atoms with Crippen LogP contribution in [0.5, 0.6) is 0 Å². The molecule has 0 aliphatic carbocycles. The SMILES string of the molecule is Cc1cccc(-n2c(-c3sc(Nc4ccccc4)nc3-c3ccccc3)nc3ccccc3c2=O)c1. The first-order chi connectivity index (χ1) is 17.7. The minimum absolute atomic E-state index is 0.105. The molecule has 0 unspecified atom stereocenters. The summed E-state index contributed by atoms with van der Waals surface area (Å²) in [5, 5.41) is 4.73. The predicted molar refractivity (Wildman–Crippen MR) is 148 cm³/mol. The van der Waals surface area contributed by atoms with Gasteiger partial charge in [-0.15, -0.1) is 0 Å². The summed E-state index contributed by atoms with van der Waals surface area (Å²) in [7, 11) is 0. The lowest BCUT2D eigenvalue weighted by Crippen LogP contribution is -2.22. The van der Waals surface area contributed by atoms with Gasteiger partial charge in [0.15, 0.2) is 11.0 Å². The molecule has 0 atom stereocenters. The first-order valence-electron chi connectivity index (χ1n) is 11.6. The van der Waals surface area contributed by atoms with E-state index in [0.29, 0.717) is 16.7 Å². The highest BCUT2D eigenvalue weighted by Gasteiger charge is 2.22. The van der Waals surface area contributed by atoms with Crippen LogP contribution >= 0.6 is 11.3 Å². The van der Waals surface area contributed by atoms with Crippen molar-refractivity contribution in [1.29, 1.82) is 0 Å². The van der Waals surface area contributed by atoms with Crippen molar-refractivity contribution in [2.75, 3.05) is 5.32 Å². The molecule has 6 heteroatoms. The summed E-state index contributed by atoms with van der Waals surface area (Å²) in [6.07, 6.45) is 0. The third kappa shape index (κ3) is 4.08. The maximum atomic E-state index is 13.9. The fraction of sp³-hybridized carbons (Fsp3) is 0.0333. The fourth-order valence-corrected chi connectivity index (χ4v) is 5.24. The van der Waals surface area contributed by atoms with Crippen molar-refractivity contribution in [2.24, 2.45) is 0 Å². The summed E-state index contributed by atoms with van der Waals surface area (Å²) in [6.45, 7) is 2.02. The molecule has 36 heavy (non-hydrogen) atoms. The van der Waals surface area contributed by atoms with E-state index in [1.54, 1.807) is 4.57 Å². The molecule has 0 radical (unpaired) electrons. The van der Waals surface area contributed by atoms with Crippen molar-refractivity contribution in [3.8, 4) is 27.6 Å². The van der Waals surface area contributed by atoms with Crippen molar-refractivity contribution in [3.63, 3.8) is 0 Å². The Morgan fingerprint density at radius 3 is 2.28 bits per heavy atom. The van der Waals surface area contributed by atoms with Gasteiger partial charge in [0.1, 0.15) is 4.88 Å². The van der Waals surface area contributed by atoms with E-state index in [4.69, 9.17) is 9.97 Å². The molecule has 6 aromatic rings. The Hall–Kier alpha value is -4.55. The van der Waals surface area contributed by atoms with Crippen LogP contribution in [0.3, 0.4) is 0 Å². The van der Waals surface area contributed by atoms with Gasteiger partial charge in [-0.25, -0.2) is 9.97 Å². The quantitative estimate of drug-likeness (QED) is 0.279. The van der Waals surface area contributed by atoms with E-state index in [-0.39, 0.29) is 5.56 Å². The van der Waals surface area contributed by atoms with Crippen LogP contribution in [-0.4, -0.2) is 14.5 Å². The zero-order chi connectivity index (χ0) is 24.5. The Kier molecular flexibility index (Phi) is 5.64. The second-order valence-corrected chi connectivity index (χ2v) is 9.48. The lowest BCUT2D eigenvalue weighted by molar-refractivity contribution is 0.977. The van der Waals surface area contributed by atoms with Gasteiger partial charge in [0.25, 0.3) is 5.56 Å². The molecule has 5 nitrogen and oxygen atoms in total. The second-order valence-electron chi connectivity index (χ2n) is 8.49. The molecule has 0 aliphatic heterocycles. The average molecular weight is 487 g/mol. The molecular weight excluding hydrogens is 464 g/mol. The van der Waals surface area contributed by atoms with Crippen molar-refractivity contribution in [3.05, 3.63) is 125 Å². The number of rotatable bonds is 5. The molecule has 0 spiro atoms. The number of anilines is 2. The van der Waals surface area contributed by atoms with Gasteiger partial charge in [-0.1, -0.05) is 84.1 Å². The van der Waals surface area contributed by atoms with Crippen LogP contribution in [0.25, 0.3) is 38.5 Å². The Balaban J connectivity index is 1.64. The van der Waals surface area contributed by atoms with E-state index in [2.05, 4.69) is 5.32 Å². The van der Waals surface area contributed by atoms with Gasteiger partial charge in [-0.05, 0) is 48.9 Å². The summed E-state index contributed by atoms with van der Waals surface area (Å²) < 4.78 is 1.71. The molecule has 2 heterocycles. The van der Waals surface area contributed by atoms with Crippen molar-refractivity contribution in [1.82, 2.24) is 14.5 Å². The highest BCUT2D eigenvalue weighted by Crippen LogP contribution is 2.40. The van der Waals surface area contributed by atoms with Crippen LogP contribution in [0.15, 0.2) is 114 Å². The minimum Gasteiger partial charge on any atom is -0.332 e. The normalized spacial score (nSPS) is 11.0. The van der Waals surface area contributed by atoms with Crippen LogP contribution in [-0.2, 0) is 0 Å². The van der Waals surface area contributed by atoms with Gasteiger partial charge in [-0.3, -0.25) is 9.36 Å². The Morgan fingerprint density at radius 1 is 0.778 bits per heavy atom. The van der Waals surface area contributed by atoms with Gasteiger partial charge in [-0.2, -0.15) is 0 Å². The zero-order valence-electron chi connectivity index (χ0n) is 19.6. The monoisotopic (exact) mass is 486 g/mol. The molecule has 2 aromatic heterocycles. The van der Waals surface area contributed by atoms with Gasteiger partial charge >= 0.3 is 0 Å². The van der Waals surface area contributed by atoms with Gasteiger partial charge in [0.2, 0.25) is 0 Å². The molecule has 6 rings (SSSR count). The number of aryl methyl sites for hydroxylation is 1. The van der Waals surface area contributed by atoms with Crippen molar-refractivity contribution >= 4 is 33.1 Å². The third-order valence-corrected chi connectivity index (χ3v) is 6.90. The first kappa shape index (κ1) is 21.9. The number of hydrogen-bond donors (Lipinski definition) is 1. The number of hydrogen-bond acceptors (Lipinski definition) is 5. The summed E-state index contributed by atoms with van der Waals surface area (Å²) in [5.74, 6) is 0.571. The number of nitrogens with zero attached hydrogens (tertiary/aromatic N) is 3. The molecule has 0 aliphatic rings. The Labute approximate surface area is 212 Å². The molecule has 0 bridgehead atoms. The Morgan fingerprint density at radius 2 is 1.50 bits per heavy atom.